The number of hydrogen-bond donors (Lipinski definition) is 1. The van der Waals surface area contributed by atoms with Gasteiger partial charge in [-0.3, -0.25) is 14.4 Å². The molecule has 0 radical (unpaired) electrons. The molecule has 1 aliphatic rings. The second-order valence-electron chi connectivity index (χ2n) is 6.98. The number of carboxylic acid groups (broad SMARTS) is 1. The molecule has 1 saturated heterocycles. The van der Waals surface area contributed by atoms with Crippen molar-refractivity contribution in [3.8, 4) is 0 Å². The van der Waals surface area contributed by atoms with Crippen LogP contribution in [0, 0.1) is 0 Å². The van der Waals surface area contributed by atoms with E-state index < -0.39 is 5.97 Å². The van der Waals surface area contributed by atoms with Gasteiger partial charge in [0.15, 0.2) is 0 Å². The number of carbonyl (C=O) groups is 3. The number of aliphatic carboxylic acids is 1. The molecule has 0 bridgehead atoms. The average Bonchev–Trinajstić information content (AvgIpc) is 2.91. The van der Waals surface area contributed by atoms with Crippen LogP contribution in [0.1, 0.15) is 36.5 Å². The first kappa shape index (κ1) is 18.9. The summed E-state index contributed by atoms with van der Waals surface area (Å²) in [5, 5.41) is 11.2. The van der Waals surface area contributed by atoms with Crippen LogP contribution in [0.4, 0.5) is 0 Å². The topological polar surface area (TPSA) is 77.9 Å². The van der Waals surface area contributed by atoms with E-state index in [1.165, 1.54) is 11.8 Å². The molecule has 0 spiro atoms. The lowest BCUT2D eigenvalue weighted by atomic mass is 10.1. The Morgan fingerprint density at radius 3 is 2.52 bits per heavy atom. The fourth-order valence-corrected chi connectivity index (χ4v) is 3.74. The molecule has 1 aliphatic heterocycles. The summed E-state index contributed by atoms with van der Waals surface area (Å²) in [6, 6.07) is 13.5. The molecule has 1 heterocycles. The molecule has 6 heteroatoms. The largest absolute Gasteiger partial charge is 0.480 e. The molecule has 2 aromatic rings. The van der Waals surface area contributed by atoms with Gasteiger partial charge in [0.1, 0.15) is 6.54 Å². The third kappa shape index (κ3) is 4.45. The molecule has 0 saturated carbocycles. The molecule has 27 heavy (non-hydrogen) atoms. The van der Waals surface area contributed by atoms with Gasteiger partial charge in [0.2, 0.25) is 5.91 Å². The van der Waals surface area contributed by atoms with E-state index in [-0.39, 0.29) is 24.4 Å². The molecule has 2 amide bonds. The summed E-state index contributed by atoms with van der Waals surface area (Å²) < 4.78 is 0. The van der Waals surface area contributed by atoms with Crippen LogP contribution in [-0.4, -0.2) is 58.4 Å². The molecule has 1 N–H and O–H groups in total. The van der Waals surface area contributed by atoms with Crippen LogP contribution in [0.2, 0.25) is 0 Å². The highest BCUT2D eigenvalue weighted by Crippen LogP contribution is 2.21. The van der Waals surface area contributed by atoms with Crippen molar-refractivity contribution < 1.29 is 19.5 Å². The van der Waals surface area contributed by atoms with Crippen LogP contribution in [0.3, 0.4) is 0 Å². The molecule has 1 atom stereocenters. The van der Waals surface area contributed by atoms with Crippen LogP contribution in [-0.2, 0) is 9.59 Å². The first-order chi connectivity index (χ1) is 13.0. The van der Waals surface area contributed by atoms with Gasteiger partial charge in [-0.05, 0) is 42.2 Å². The predicted octanol–water partition coefficient (Wildman–Crippen LogP) is 2.77. The van der Waals surface area contributed by atoms with Crippen molar-refractivity contribution in [2.75, 3.05) is 19.6 Å². The van der Waals surface area contributed by atoms with E-state index in [0.29, 0.717) is 31.5 Å². The lowest BCUT2D eigenvalue weighted by molar-refractivity contribution is -0.145. The van der Waals surface area contributed by atoms with Gasteiger partial charge in [0, 0.05) is 31.6 Å². The molecule has 0 aromatic heterocycles. The van der Waals surface area contributed by atoms with Gasteiger partial charge in [-0.1, -0.05) is 30.3 Å². The Morgan fingerprint density at radius 2 is 1.81 bits per heavy atom. The second kappa shape index (κ2) is 8.20. The number of amides is 2. The fourth-order valence-electron chi connectivity index (χ4n) is 3.74. The normalized spacial score (nSPS) is 17.4. The second-order valence-corrected chi connectivity index (χ2v) is 6.98. The van der Waals surface area contributed by atoms with Gasteiger partial charge < -0.3 is 14.9 Å². The summed E-state index contributed by atoms with van der Waals surface area (Å²) in [7, 11) is 0. The highest BCUT2D eigenvalue weighted by molar-refractivity contribution is 5.98. The van der Waals surface area contributed by atoms with Crippen molar-refractivity contribution in [1.82, 2.24) is 9.80 Å². The van der Waals surface area contributed by atoms with Crippen LogP contribution in [0.25, 0.3) is 10.8 Å². The van der Waals surface area contributed by atoms with Gasteiger partial charge in [0.25, 0.3) is 5.91 Å². The monoisotopic (exact) mass is 368 g/mol. The van der Waals surface area contributed by atoms with Gasteiger partial charge in [-0.2, -0.15) is 0 Å². The molecule has 1 fully saturated rings. The Hall–Kier alpha value is -2.89. The average molecular weight is 368 g/mol. The van der Waals surface area contributed by atoms with E-state index in [4.69, 9.17) is 5.11 Å². The molecular weight excluding hydrogens is 344 g/mol. The van der Waals surface area contributed by atoms with E-state index in [2.05, 4.69) is 0 Å². The number of carboxylic acids is 1. The minimum absolute atomic E-state index is 0.0194. The summed E-state index contributed by atoms with van der Waals surface area (Å²) in [6.45, 7) is 2.23. The maximum absolute atomic E-state index is 12.9. The van der Waals surface area contributed by atoms with E-state index in [1.54, 1.807) is 0 Å². The Balaban J connectivity index is 1.71. The fraction of sp³-hybridized carbons (Fsp3) is 0.381. The standard InChI is InChI=1S/C21H24N2O4/c1-15(24)23(14-20(25)26)19-7-4-11-22(12-10-19)21(27)18-9-8-16-5-2-3-6-17(16)13-18/h2-3,5-6,8-9,13,19H,4,7,10-12,14H2,1H3,(H,25,26). The van der Waals surface area contributed by atoms with Gasteiger partial charge in [-0.25, -0.2) is 0 Å². The summed E-state index contributed by atoms with van der Waals surface area (Å²) in [5.74, 6) is -1.27. The first-order valence-electron chi connectivity index (χ1n) is 9.23. The summed E-state index contributed by atoms with van der Waals surface area (Å²) in [5.41, 5.74) is 0.654. The minimum Gasteiger partial charge on any atom is -0.480 e. The number of benzene rings is 2. The molecule has 142 valence electrons. The third-order valence-corrected chi connectivity index (χ3v) is 5.13. The summed E-state index contributed by atoms with van der Waals surface area (Å²) in [6.07, 6.45) is 2.04. The van der Waals surface area contributed by atoms with Crippen molar-refractivity contribution in [2.45, 2.75) is 32.2 Å². The Bertz CT molecular complexity index is 864. The van der Waals surface area contributed by atoms with Crippen molar-refractivity contribution in [2.24, 2.45) is 0 Å². The van der Waals surface area contributed by atoms with E-state index >= 15 is 0 Å². The van der Waals surface area contributed by atoms with E-state index in [9.17, 15) is 14.4 Å². The maximum atomic E-state index is 12.9. The smallest absolute Gasteiger partial charge is 0.323 e. The zero-order valence-electron chi connectivity index (χ0n) is 15.4. The zero-order chi connectivity index (χ0) is 19.4. The first-order valence-corrected chi connectivity index (χ1v) is 9.23. The van der Waals surface area contributed by atoms with Gasteiger partial charge >= 0.3 is 5.97 Å². The van der Waals surface area contributed by atoms with E-state index in [1.807, 2.05) is 47.4 Å². The van der Waals surface area contributed by atoms with Crippen molar-refractivity contribution >= 4 is 28.6 Å². The number of hydrogen-bond acceptors (Lipinski definition) is 3. The van der Waals surface area contributed by atoms with Crippen molar-refractivity contribution in [1.29, 1.82) is 0 Å². The molecule has 0 aliphatic carbocycles. The molecule has 3 rings (SSSR count). The van der Waals surface area contributed by atoms with Crippen LogP contribution < -0.4 is 0 Å². The maximum Gasteiger partial charge on any atom is 0.323 e. The third-order valence-electron chi connectivity index (χ3n) is 5.13. The van der Waals surface area contributed by atoms with Crippen LogP contribution >= 0.6 is 0 Å². The van der Waals surface area contributed by atoms with Crippen molar-refractivity contribution in [3.05, 3.63) is 48.0 Å². The molecule has 2 aromatic carbocycles. The summed E-state index contributed by atoms with van der Waals surface area (Å²) in [4.78, 5) is 39.0. The number of fused-ring (bicyclic) bond motifs is 1. The Morgan fingerprint density at radius 1 is 1.07 bits per heavy atom. The zero-order valence-corrected chi connectivity index (χ0v) is 15.4. The molecule has 6 nitrogen and oxygen atoms in total. The lowest BCUT2D eigenvalue weighted by Gasteiger charge is -2.28. The number of nitrogens with zero attached hydrogens (tertiary/aromatic N) is 2. The van der Waals surface area contributed by atoms with Crippen LogP contribution in [0.15, 0.2) is 42.5 Å². The number of carbonyl (C=O) groups excluding carboxylic acids is 2. The number of likely N-dealkylation sites (tertiary alicyclic amines) is 1. The SMILES string of the molecule is CC(=O)N(CC(=O)O)C1CCCN(C(=O)c2ccc3ccccc3c2)CC1. The number of rotatable bonds is 4. The molecule has 1 unspecified atom stereocenters. The lowest BCUT2D eigenvalue weighted by Crippen LogP contribution is -2.43. The Labute approximate surface area is 158 Å². The quantitative estimate of drug-likeness (QED) is 0.900. The highest BCUT2D eigenvalue weighted by Gasteiger charge is 2.27. The predicted molar refractivity (Wildman–Crippen MR) is 103 cm³/mol. The molecular formula is C21H24N2O4. The van der Waals surface area contributed by atoms with Gasteiger partial charge in [-0.15, -0.1) is 0 Å². The van der Waals surface area contributed by atoms with Crippen molar-refractivity contribution in [3.63, 3.8) is 0 Å². The van der Waals surface area contributed by atoms with E-state index in [0.717, 1.165) is 17.2 Å². The van der Waals surface area contributed by atoms with Crippen LogP contribution in [0.5, 0.6) is 0 Å². The highest BCUT2D eigenvalue weighted by atomic mass is 16.4. The van der Waals surface area contributed by atoms with Gasteiger partial charge in [0.05, 0.1) is 0 Å². The Kier molecular flexibility index (Phi) is 5.74. The summed E-state index contributed by atoms with van der Waals surface area (Å²) >= 11 is 0. The minimum atomic E-state index is -1.02.